The molecular weight excluding hydrogens is 177 g/mol. The first-order valence-corrected chi connectivity index (χ1v) is 3.23. The van der Waals surface area contributed by atoms with Crippen LogP contribution in [0.15, 0.2) is 4.99 Å². The summed E-state index contributed by atoms with van der Waals surface area (Å²) in [6, 6.07) is 0. The van der Waals surface area contributed by atoms with Gasteiger partial charge < -0.3 is 4.90 Å². The molecule has 0 unspecified atom stereocenters. The zero-order valence-corrected chi connectivity index (χ0v) is 6.72. The smallest absolute Gasteiger partial charge is 0.268 e. The summed E-state index contributed by atoms with van der Waals surface area (Å²) in [4.78, 5) is 15.7. The highest BCUT2D eigenvalue weighted by molar-refractivity contribution is 6.42. The Kier molecular flexibility index (Phi) is 2.01. The van der Waals surface area contributed by atoms with E-state index in [0.29, 0.717) is 0 Å². The lowest BCUT2D eigenvalue weighted by Crippen LogP contribution is -2.29. The summed E-state index contributed by atoms with van der Waals surface area (Å²) in [6.07, 6.45) is 0. The number of hydrogen-bond acceptors (Lipinski definition) is 3. The van der Waals surface area contributed by atoms with Crippen molar-refractivity contribution < 1.29 is 4.79 Å². The number of amides is 1. The standard InChI is InChI=1S/C4H5Cl2N3O/c1-8-2-3(10)7-4(8)9(5)6/h2H2,1H3. The quantitative estimate of drug-likeness (QED) is 0.509. The molecule has 0 atom stereocenters. The van der Waals surface area contributed by atoms with E-state index in [0.717, 1.165) is 3.94 Å². The summed E-state index contributed by atoms with van der Waals surface area (Å²) in [7, 11) is 1.68. The van der Waals surface area contributed by atoms with Crippen LogP contribution in [0.4, 0.5) is 0 Å². The van der Waals surface area contributed by atoms with E-state index in [1.807, 2.05) is 0 Å². The van der Waals surface area contributed by atoms with E-state index in [4.69, 9.17) is 23.6 Å². The maximum atomic E-state index is 10.6. The molecule has 1 rings (SSSR count). The molecule has 10 heavy (non-hydrogen) atoms. The van der Waals surface area contributed by atoms with Gasteiger partial charge >= 0.3 is 0 Å². The van der Waals surface area contributed by atoms with Crippen molar-refractivity contribution in [1.29, 1.82) is 0 Å². The van der Waals surface area contributed by atoms with Gasteiger partial charge in [0.05, 0.1) is 0 Å². The number of carbonyl (C=O) groups is 1. The average Bonchev–Trinajstić information content (AvgIpc) is 2.10. The lowest BCUT2D eigenvalue weighted by atomic mass is 10.6. The third-order valence-corrected chi connectivity index (χ3v) is 1.39. The molecule has 0 spiro atoms. The Morgan fingerprint density at radius 2 is 2.30 bits per heavy atom. The summed E-state index contributed by atoms with van der Waals surface area (Å²) in [5.74, 6) is 0.0390. The molecule has 0 radical (unpaired) electrons. The normalized spacial score (nSPS) is 17.7. The van der Waals surface area contributed by atoms with Crippen molar-refractivity contribution in [3.63, 3.8) is 0 Å². The molecule has 1 aliphatic rings. The fourth-order valence-corrected chi connectivity index (χ4v) is 1.01. The summed E-state index contributed by atoms with van der Waals surface area (Å²) in [5, 5.41) is 0. The highest BCUT2D eigenvalue weighted by atomic mass is 35.5. The monoisotopic (exact) mass is 181 g/mol. The van der Waals surface area contributed by atoms with E-state index in [9.17, 15) is 4.79 Å². The molecule has 0 fully saturated rings. The molecule has 4 nitrogen and oxygen atoms in total. The van der Waals surface area contributed by atoms with Crippen LogP contribution in [0, 0.1) is 0 Å². The molecule has 0 saturated carbocycles. The largest absolute Gasteiger partial charge is 0.334 e. The summed E-state index contributed by atoms with van der Waals surface area (Å²) < 4.78 is 0.769. The Hall–Kier alpha value is -0.480. The van der Waals surface area contributed by atoms with Crippen LogP contribution in [0.25, 0.3) is 0 Å². The van der Waals surface area contributed by atoms with Crippen molar-refractivity contribution in [3.05, 3.63) is 0 Å². The summed E-state index contributed by atoms with van der Waals surface area (Å²) in [6.45, 7) is 0.241. The minimum atomic E-state index is -0.233. The van der Waals surface area contributed by atoms with Crippen LogP contribution < -0.4 is 0 Å². The van der Waals surface area contributed by atoms with Gasteiger partial charge in [0.2, 0.25) is 5.96 Å². The Bertz CT molecular complexity index is 191. The fourth-order valence-electron chi connectivity index (χ4n) is 0.673. The minimum absolute atomic E-state index is 0.233. The minimum Gasteiger partial charge on any atom is -0.334 e. The van der Waals surface area contributed by atoms with Crippen molar-refractivity contribution in [2.45, 2.75) is 0 Å². The van der Waals surface area contributed by atoms with Gasteiger partial charge in [-0.2, -0.15) is 8.93 Å². The Balaban J connectivity index is 2.75. The second kappa shape index (κ2) is 2.64. The molecule has 1 aliphatic heterocycles. The Morgan fingerprint density at radius 1 is 1.70 bits per heavy atom. The maximum Gasteiger partial charge on any atom is 0.268 e. The number of aliphatic imine (C=N–C) groups is 1. The van der Waals surface area contributed by atoms with Crippen LogP contribution in [0.3, 0.4) is 0 Å². The molecule has 56 valence electrons. The summed E-state index contributed by atoms with van der Waals surface area (Å²) in [5.41, 5.74) is 0. The molecule has 0 aliphatic carbocycles. The molecule has 0 aromatic rings. The number of likely N-dealkylation sites (N-methyl/N-ethyl adjacent to an activating group) is 1. The third-order valence-electron chi connectivity index (χ3n) is 1.09. The van der Waals surface area contributed by atoms with Crippen molar-refractivity contribution in [2.75, 3.05) is 13.6 Å². The van der Waals surface area contributed by atoms with Gasteiger partial charge in [0.1, 0.15) is 6.54 Å². The summed E-state index contributed by atoms with van der Waals surface area (Å²) >= 11 is 10.6. The van der Waals surface area contributed by atoms with E-state index in [-0.39, 0.29) is 18.4 Å². The van der Waals surface area contributed by atoms with Crippen LogP contribution in [-0.2, 0) is 4.79 Å². The van der Waals surface area contributed by atoms with E-state index < -0.39 is 0 Å². The molecule has 1 amide bonds. The van der Waals surface area contributed by atoms with Crippen molar-refractivity contribution >= 4 is 35.4 Å². The average molecular weight is 182 g/mol. The van der Waals surface area contributed by atoms with Crippen molar-refractivity contribution in [2.24, 2.45) is 4.99 Å². The van der Waals surface area contributed by atoms with E-state index >= 15 is 0 Å². The second-order valence-electron chi connectivity index (χ2n) is 1.89. The molecular formula is C4H5Cl2N3O. The van der Waals surface area contributed by atoms with Gasteiger partial charge in [0, 0.05) is 30.6 Å². The first-order valence-electron chi connectivity index (χ1n) is 2.55. The van der Waals surface area contributed by atoms with Gasteiger partial charge in [-0.1, -0.05) is 0 Å². The zero-order valence-electron chi connectivity index (χ0n) is 5.21. The number of rotatable bonds is 0. The molecule has 0 saturated heterocycles. The first-order chi connectivity index (χ1) is 4.61. The van der Waals surface area contributed by atoms with Crippen LogP contribution in [-0.4, -0.2) is 34.3 Å². The highest BCUT2D eigenvalue weighted by Crippen LogP contribution is 2.09. The molecule has 0 aromatic heterocycles. The number of nitrogens with zero attached hydrogens (tertiary/aromatic N) is 3. The van der Waals surface area contributed by atoms with Crippen molar-refractivity contribution in [3.8, 4) is 0 Å². The van der Waals surface area contributed by atoms with Gasteiger partial charge in [-0.05, 0) is 0 Å². The van der Waals surface area contributed by atoms with E-state index in [1.54, 1.807) is 11.9 Å². The zero-order chi connectivity index (χ0) is 7.72. The van der Waals surface area contributed by atoms with Gasteiger partial charge in [0.15, 0.2) is 0 Å². The third kappa shape index (κ3) is 1.33. The van der Waals surface area contributed by atoms with Gasteiger partial charge in [0.25, 0.3) is 5.91 Å². The predicted molar refractivity (Wildman–Crippen MR) is 38.6 cm³/mol. The van der Waals surface area contributed by atoms with Gasteiger partial charge in [-0.15, -0.1) is 0 Å². The maximum absolute atomic E-state index is 10.6. The predicted octanol–water partition coefficient (Wildman–Crippen LogP) is 0.424. The lowest BCUT2D eigenvalue weighted by molar-refractivity contribution is -0.116. The van der Waals surface area contributed by atoms with Crippen LogP contribution in [0.5, 0.6) is 0 Å². The SMILES string of the molecule is CN1CC(=O)N=C1N(Cl)Cl. The van der Waals surface area contributed by atoms with Crippen molar-refractivity contribution in [1.82, 2.24) is 8.84 Å². The molecule has 1 heterocycles. The molecule has 6 heteroatoms. The van der Waals surface area contributed by atoms with Crippen LogP contribution >= 0.6 is 23.6 Å². The van der Waals surface area contributed by atoms with Crippen LogP contribution in [0.1, 0.15) is 0 Å². The fraction of sp³-hybridized carbons (Fsp3) is 0.500. The number of carbonyl (C=O) groups excluding carboxylic acids is 1. The van der Waals surface area contributed by atoms with E-state index in [1.165, 1.54) is 0 Å². The highest BCUT2D eigenvalue weighted by Gasteiger charge is 2.22. The second-order valence-corrected chi connectivity index (χ2v) is 2.74. The van der Waals surface area contributed by atoms with Crippen LogP contribution in [0.2, 0.25) is 0 Å². The topological polar surface area (TPSA) is 35.9 Å². The number of guanidine groups is 1. The Morgan fingerprint density at radius 3 is 2.50 bits per heavy atom. The first kappa shape index (κ1) is 7.63. The molecule has 0 N–H and O–H groups in total. The number of halogens is 2. The Labute approximate surface area is 68.2 Å². The molecule has 0 bridgehead atoms. The lowest BCUT2D eigenvalue weighted by Gasteiger charge is -2.13. The van der Waals surface area contributed by atoms with E-state index in [2.05, 4.69) is 4.99 Å². The van der Waals surface area contributed by atoms with Gasteiger partial charge in [-0.3, -0.25) is 4.79 Å². The van der Waals surface area contributed by atoms with Gasteiger partial charge in [-0.25, -0.2) is 0 Å². The molecule has 0 aromatic carbocycles. The number of hydrogen-bond donors (Lipinski definition) is 0.